The number of carbonyl (C=O) groups is 2. The summed E-state index contributed by atoms with van der Waals surface area (Å²) >= 11 is 6.31. The van der Waals surface area contributed by atoms with Crippen molar-refractivity contribution in [2.45, 2.75) is 43.6 Å². The molecule has 196 valence electrons. The average Bonchev–Trinajstić information content (AvgIpc) is 3.45. The van der Waals surface area contributed by atoms with Gasteiger partial charge in [-0.25, -0.2) is 9.67 Å². The SMILES string of the molecule is COc1ncc(-n2nc3c(c2C(C)C)C(c2ccc(C#N)cc2)N(C2CNC(=O)C(Cl)C2)C3=O)c(OC)n1. The fourth-order valence-electron chi connectivity index (χ4n) is 5.14. The van der Waals surface area contributed by atoms with E-state index in [4.69, 9.17) is 26.2 Å². The summed E-state index contributed by atoms with van der Waals surface area (Å²) in [6.07, 6.45) is 1.86. The molecule has 0 saturated carbocycles. The van der Waals surface area contributed by atoms with Crippen molar-refractivity contribution < 1.29 is 19.1 Å². The fraction of sp³-hybridized carbons (Fsp3) is 0.385. The second-order valence-corrected chi connectivity index (χ2v) is 9.94. The molecule has 3 unspecified atom stereocenters. The maximum atomic E-state index is 14.0. The molecule has 3 aromatic rings. The number of amides is 2. The van der Waals surface area contributed by atoms with Crippen LogP contribution in [-0.4, -0.2) is 68.6 Å². The zero-order chi connectivity index (χ0) is 27.1. The molecule has 0 bridgehead atoms. The summed E-state index contributed by atoms with van der Waals surface area (Å²) in [5.74, 6) is -0.326. The van der Waals surface area contributed by atoms with Crippen LogP contribution >= 0.6 is 11.6 Å². The number of methoxy groups -OCH3 is 2. The van der Waals surface area contributed by atoms with Gasteiger partial charge >= 0.3 is 6.01 Å². The minimum absolute atomic E-state index is 0.0569. The topological polar surface area (TPSA) is 135 Å². The van der Waals surface area contributed by atoms with Crippen LogP contribution in [0.2, 0.25) is 0 Å². The Morgan fingerprint density at radius 2 is 1.92 bits per heavy atom. The third kappa shape index (κ3) is 4.11. The summed E-state index contributed by atoms with van der Waals surface area (Å²) in [6.45, 7) is 4.31. The molecule has 3 atom stereocenters. The van der Waals surface area contributed by atoms with E-state index in [1.165, 1.54) is 14.2 Å². The smallest absolute Gasteiger partial charge is 0.319 e. The highest BCUT2D eigenvalue weighted by Crippen LogP contribution is 2.45. The minimum Gasteiger partial charge on any atom is -0.479 e. The van der Waals surface area contributed by atoms with Crippen LogP contribution in [-0.2, 0) is 4.79 Å². The summed E-state index contributed by atoms with van der Waals surface area (Å²) < 4.78 is 12.3. The van der Waals surface area contributed by atoms with Crippen molar-refractivity contribution in [2.75, 3.05) is 20.8 Å². The minimum atomic E-state index is -0.749. The first-order valence-corrected chi connectivity index (χ1v) is 12.5. The van der Waals surface area contributed by atoms with E-state index < -0.39 is 11.4 Å². The number of ether oxygens (including phenoxy) is 2. The number of carbonyl (C=O) groups excluding carboxylic acids is 2. The lowest BCUT2D eigenvalue weighted by Crippen LogP contribution is -2.53. The second kappa shape index (κ2) is 9.95. The van der Waals surface area contributed by atoms with Crippen LogP contribution < -0.4 is 14.8 Å². The highest BCUT2D eigenvalue weighted by atomic mass is 35.5. The van der Waals surface area contributed by atoms with E-state index in [1.807, 2.05) is 26.0 Å². The molecule has 5 rings (SSSR count). The molecule has 11 nitrogen and oxygen atoms in total. The molecule has 1 aromatic carbocycles. The quantitative estimate of drug-likeness (QED) is 0.476. The van der Waals surface area contributed by atoms with Crippen molar-refractivity contribution in [1.29, 1.82) is 5.26 Å². The number of halogens is 1. The Hall–Kier alpha value is -4.17. The molecule has 0 spiro atoms. The van der Waals surface area contributed by atoms with Gasteiger partial charge in [-0.2, -0.15) is 15.3 Å². The van der Waals surface area contributed by atoms with Crippen LogP contribution in [0.3, 0.4) is 0 Å². The molecule has 2 aliphatic rings. The summed E-state index contributed by atoms with van der Waals surface area (Å²) in [5, 5.41) is 16.2. The molecule has 2 aliphatic heterocycles. The predicted molar refractivity (Wildman–Crippen MR) is 137 cm³/mol. The number of rotatable bonds is 6. The molecular formula is C26H26ClN7O4. The molecule has 4 heterocycles. The van der Waals surface area contributed by atoms with E-state index in [0.29, 0.717) is 23.4 Å². The van der Waals surface area contributed by atoms with Crippen molar-refractivity contribution in [3.8, 4) is 23.6 Å². The maximum absolute atomic E-state index is 14.0. The average molecular weight is 536 g/mol. The summed E-state index contributed by atoms with van der Waals surface area (Å²) in [7, 11) is 2.95. The van der Waals surface area contributed by atoms with Gasteiger partial charge in [0.05, 0.1) is 49.8 Å². The molecule has 0 radical (unpaired) electrons. The Labute approximate surface area is 224 Å². The van der Waals surface area contributed by atoms with Gasteiger partial charge in [-0.15, -0.1) is 11.6 Å². The number of hydrogen-bond acceptors (Lipinski definition) is 8. The van der Waals surface area contributed by atoms with Crippen LogP contribution in [0.25, 0.3) is 5.69 Å². The molecular weight excluding hydrogens is 510 g/mol. The molecule has 1 fully saturated rings. The van der Waals surface area contributed by atoms with Gasteiger partial charge < -0.3 is 19.7 Å². The first kappa shape index (κ1) is 25.5. The van der Waals surface area contributed by atoms with Crippen LogP contribution in [0.4, 0.5) is 0 Å². The number of nitrogens with zero attached hydrogens (tertiary/aromatic N) is 6. The van der Waals surface area contributed by atoms with E-state index in [9.17, 15) is 14.9 Å². The highest BCUT2D eigenvalue weighted by molar-refractivity contribution is 6.31. The third-order valence-electron chi connectivity index (χ3n) is 6.84. The highest BCUT2D eigenvalue weighted by Gasteiger charge is 2.48. The van der Waals surface area contributed by atoms with Crippen molar-refractivity contribution in [1.82, 2.24) is 30.0 Å². The fourth-order valence-corrected chi connectivity index (χ4v) is 5.42. The Morgan fingerprint density at radius 1 is 1.18 bits per heavy atom. The summed E-state index contributed by atoms with van der Waals surface area (Å²) in [6, 6.07) is 8.56. The van der Waals surface area contributed by atoms with Gasteiger partial charge in [-0.05, 0) is 30.0 Å². The number of nitrogens with one attached hydrogen (secondary N) is 1. The zero-order valence-electron chi connectivity index (χ0n) is 21.3. The van der Waals surface area contributed by atoms with Gasteiger partial charge in [0.15, 0.2) is 5.69 Å². The Kier molecular flexibility index (Phi) is 6.67. The largest absolute Gasteiger partial charge is 0.479 e. The second-order valence-electron chi connectivity index (χ2n) is 9.42. The molecule has 38 heavy (non-hydrogen) atoms. The van der Waals surface area contributed by atoms with E-state index >= 15 is 0 Å². The number of nitriles is 1. The number of piperidine rings is 1. The van der Waals surface area contributed by atoms with Crippen molar-refractivity contribution >= 4 is 23.4 Å². The predicted octanol–water partition coefficient (Wildman–Crippen LogP) is 2.72. The molecule has 2 amide bonds. The number of aromatic nitrogens is 4. The van der Waals surface area contributed by atoms with Gasteiger partial charge in [0.1, 0.15) is 11.1 Å². The first-order chi connectivity index (χ1) is 18.3. The van der Waals surface area contributed by atoms with Crippen LogP contribution in [0.5, 0.6) is 11.9 Å². The number of benzene rings is 1. The van der Waals surface area contributed by atoms with Gasteiger partial charge in [0.25, 0.3) is 5.91 Å². The Balaban J connectivity index is 1.71. The van der Waals surface area contributed by atoms with Crippen LogP contribution in [0, 0.1) is 11.3 Å². The summed E-state index contributed by atoms with van der Waals surface area (Å²) in [5.41, 5.74) is 3.63. The first-order valence-electron chi connectivity index (χ1n) is 12.1. The molecule has 12 heteroatoms. The monoisotopic (exact) mass is 535 g/mol. The Bertz CT molecular complexity index is 1450. The lowest BCUT2D eigenvalue weighted by atomic mass is 9.92. The standard InChI is InChI=1S/C26H26ClN7O4/c1-13(2)21-19-20(32-34(21)18-12-30-26(38-4)31-24(18)37-3)25(36)33(16-9-17(27)23(35)29-11-16)22(19)15-7-5-14(10-28)6-8-15/h5-8,12-13,16-17,22H,9,11H2,1-4H3,(H,29,35). The van der Waals surface area contributed by atoms with E-state index in [-0.39, 0.29) is 42.2 Å². The third-order valence-corrected chi connectivity index (χ3v) is 7.21. The Morgan fingerprint density at radius 3 is 2.53 bits per heavy atom. The van der Waals surface area contributed by atoms with Crippen LogP contribution in [0.15, 0.2) is 30.5 Å². The molecule has 2 aromatic heterocycles. The van der Waals surface area contributed by atoms with Crippen molar-refractivity contribution in [3.05, 3.63) is 58.5 Å². The van der Waals surface area contributed by atoms with Gasteiger partial charge in [0, 0.05) is 12.1 Å². The van der Waals surface area contributed by atoms with Gasteiger partial charge in [-0.3, -0.25) is 9.59 Å². The molecule has 1 N–H and O–H groups in total. The summed E-state index contributed by atoms with van der Waals surface area (Å²) in [4.78, 5) is 36.4. The van der Waals surface area contributed by atoms with E-state index in [2.05, 4.69) is 21.4 Å². The lowest BCUT2D eigenvalue weighted by Gasteiger charge is -2.38. The normalized spacial score (nSPS) is 20.8. The maximum Gasteiger partial charge on any atom is 0.319 e. The number of hydrogen-bond donors (Lipinski definition) is 1. The number of fused-ring (bicyclic) bond motifs is 1. The van der Waals surface area contributed by atoms with Gasteiger partial charge in [0.2, 0.25) is 11.8 Å². The lowest BCUT2D eigenvalue weighted by molar-refractivity contribution is -0.122. The molecule has 0 aliphatic carbocycles. The van der Waals surface area contributed by atoms with E-state index in [0.717, 1.165) is 16.8 Å². The number of alkyl halides is 1. The van der Waals surface area contributed by atoms with Crippen LogP contribution in [0.1, 0.15) is 65.1 Å². The molecule has 1 saturated heterocycles. The van der Waals surface area contributed by atoms with Crippen molar-refractivity contribution in [2.24, 2.45) is 0 Å². The van der Waals surface area contributed by atoms with Crippen molar-refractivity contribution in [3.63, 3.8) is 0 Å². The van der Waals surface area contributed by atoms with E-state index in [1.54, 1.807) is 27.9 Å². The van der Waals surface area contributed by atoms with Gasteiger partial charge in [-0.1, -0.05) is 26.0 Å². The zero-order valence-corrected chi connectivity index (χ0v) is 22.1.